The second-order valence-electron chi connectivity index (χ2n) is 5.95. The van der Waals surface area contributed by atoms with E-state index < -0.39 is 10.0 Å². The van der Waals surface area contributed by atoms with E-state index in [0.717, 1.165) is 19.6 Å². The van der Waals surface area contributed by atoms with Crippen molar-refractivity contribution in [2.24, 2.45) is 5.92 Å². The van der Waals surface area contributed by atoms with E-state index >= 15 is 0 Å². The van der Waals surface area contributed by atoms with Gasteiger partial charge in [0.05, 0.1) is 15.8 Å². The highest BCUT2D eigenvalue weighted by Crippen LogP contribution is 2.23. The largest absolute Gasteiger partial charge is 0.302 e. The molecular weight excluding hydrogens is 343 g/mol. The SMILES string of the molecule is CC1CCCN(CCNS(=O)(=O)Cc2ccc(Cl)c(Cl)c2)C1. The van der Waals surface area contributed by atoms with E-state index in [2.05, 4.69) is 16.5 Å². The quantitative estimate of drug-likeness (QED) is 0.843. The van der Waals surface area contributed by atoms with Gasteiger partial charge in [-0.3, -0.25) is 0 Å². The Hall–Kier alpha value is -0.330. The van der Waals surface area contributed by atoms with Crippen LogP contribution in [-0.2, 0) is 15.8 Å². The van der Waals surface area contributed by atoms with Crippen LogP contribution in [0.4, 0.5) is 0 Å². The Morgan fingerprint density at radius 2 is 2.09 bits per heavy atom. The molecule has 7 heteroatoms. The molecule has 0 aromatic heterocycles. The van der Waals surface area contributed by atoms with Crippen molar-refractivity contribution in [3.63, 3.8) is 0 Å². The third-order valence-corrected chi connectivity index (χ3v) is 5.93. The van der Waals surface area contributed by atoms with Gasteiger partial charge in [-0.1, -0.05) is 36.2 Å². The second kappa shape index (κ2) is 7.97. The summed E-state index contributed by atoms with van der Waals surface area (Å²) >= 11 is 11.7. The van der Waals surface area contributed by atoms with Gasteiger partial charge < -0.3 is 4.90 Å². The fourth-order valence-corrected chi connectivity index (χ4v) is 4.19. The standard InChI is InChI=1S/C15H22Cl2N2O2S/c1-12-3-2-7-19(10-12)8-6-18-22(20,21)11-13-4-5-14(16)15(17)9-13/h4-5,9,12,18H,2-3,6-8,10-11H2,1H3. The molecule has 0 radical (unpaired) electrons. The van der Waals surface area contributed by atoms with E-state index in [1.807, 2.05) is 0 Å². The lowest BCUT2D eigenvalue weighted by molar-refractivity contribution is 0.187. The smallest absolute Gasteiger partial charge is 0.215 e. The molecule has 1 heterocycles. The van der Waals surface area contributed by atoms with Gasteiger partial charge in [0.25, 0.3) is 0 Å². The van der Waals surface area contributed by atoms with E-state index in [4.69, 9.17) is 23.2 Å². The van der Waals surface area contributed by atoms with Gasteiger partial charge in [0.1, 0.15) is 0 Å². The highest BCUT2D eigenvalue weighted by molar-refractivity contribution is 7.88. The van der Waals surface area contributed by atoms with E-state index in [9.17, 15) is 8.42 Å². The average molecular weight is 365 g/mol. The van der Waals surface area contributed by atoms with Gasteiger partial charge in [0.2, 0.25) is 10.0 Å². The summed E-state index contributed by atoms with van der Waals surface area (Å²) in [6, 6.07) is 4.89. The predicted molar refractivity (Wildman–Crippen MR) is 91.9 cm³/mol. The number of hydrogen-bond donors (Lipinski definition) is 1. The summed E-state index contributed by atoms with van der Waals surface area (Å²) in [7, 11) is -3.36. The van der Waals surface area contributed by atoms with Crippen LogP contribution >= 0.6 is 23.2 Å². The van der Waals surface area contributed by atoms with Crippen molar-refractivity contribution in [2.75, 3.05) is 26.2 Å². The molecule has 0 saturated carbocycles. The minimum absolute atomic E-state index is 0.0830. The Bertz CT molecular complexity index is 608. The molecule has 1 unspecified atom stereocenters. The number of nitrogens with one attached hydrogen (secondary N) is 1. The van der Waals surface area contributed by atoms with Crippen LogP contribution in [0.25, 0.3) is 0 Å². The highest BCUT2D eigenvalue weighted by Gasteiger charge is 2.17. The summed E-state index contributed by atoms with van der Waals surface area (Å²) in [5.41, 5.74) is 0.633. The van der Waals surface area contributed by atoms with Gasteiger partial charge in [-0.15, -0.1) is 0 Å². The Kier molecular flexibility index (Phi) is 6.53. The van der Waals surface area contributed by atoms with E-state index in [1.165, 1.54) is 12.8 Å². The lowest BCUT2D eigenvalue weighted by Gasteiger charge is -2.30. The normalized spacial score (nSPS) is 20.2. The molecule has 22 heavy (non-hydrogen) atoms. The Labute approximate surface area is 142 Å². The lowest BCUT2D eigenvalue weighted by atomic mass is 10.0. The van der Waals surface area contributed by atoms with Crippen molar-refractivity contribution in [2.45, 2.75) is 25.5 Å². The highest BCUT2D eigenvalue weighted by atomic mass is 35.5. The molecule has 1 N–H and O–H groups in total. The summed E-state index contributed by atoms with van der Waals surface area (Å²) in [5.74, 6) is 0.613. The van der Waals surface area contributed by atoms with Gasteiger partial charge in [-0.05, 0) is 43.0 Å². The van der Waals surface area contributed by atoms with Crippen molar-refractivity contribution in [3.8, 4) is 0 Å². The van der Waals surface area contributed by atoms with Gasteiger partial charge in [-0.25, -0.2) is 13.1 Å². The zero-order chi connectivity index (χ0) is 16.2. The minimum atomic E-state index is -3.36. The van der Waals surface area contributed by atoms with Crippen LogP contribution in [0.2, 0.25) is 10.0 Å². The molecular formula is C15H22Cl2N2O2S. The maximum absolute atomic E-state index is 12.1. The van der Waals surface area contributed by atoms with Crippen LogP contribution < -0.4 is 4.72 Å². The molecule has 1 fully saturated rings. The molecule has 1 atom stereocenters. The fraction of sp³-hybridized carbons (Fsp3) is 0.600. The molecule has 0 spiro atoms. The molecule has 1 saturated heterocycles. The van der Waals surface area contributed by atoms with Crippen LogP contribution in [0.15, 0.2) is 18.2 Å². The third kappa shape index (κ3) is 5.70. The van der Waals surface area contributed by atoms with Crippen molar-refractivity contribution >= 4 is 33.2 Å². The molecule has 124 valence electrons. The molecule has 1 aromatic rings. The van der Waals surface area contributed by atoms with Gasteiger partial charge in [0.15, 0.2) is 0 Å². The van der Waals surface area contributed by atoms with Crippen LogP contribution in [0.1, 0.15) is 25.3 Å². The van der Waals surface area contributed by atoms with Crippen molar-refractivity contribution in [3.05, 3.63) is 33.8 Å². The average Bonchev–Trinajstić information content (AvgIpc) is 2.42. The second-order valence-corrected chi connectivity index (χ2v) is 8.57. The number of halogens is 2. The predicted octanol–water partition coefficient (Wildman–Crippen LogP) is 3.14. The molecule has 4 nitrogen and oxygen atoms in total. The number of sulfonamides is 1. The number of rotatable bonds is 6. The van der Waals surface area contributed by atoms with Crippen LogP contribution in [0.5, 0.6) is 0 Å². The van der Waals surface area contributed by atoms with Gasteiger partial charge >= 0.3 is 0 Å². The first-order chi connectivity index (χ1) is 10.4. The first-order valence-corrected chi connectivity index (χ1v) is 9.90. The summed E-state index contributed by atoms with van der Waals surface area (Å²) in [6.07, 6.45) is 2.46. The first-order valence-electron chi connectivity index (χ1n) is 7.49. The topological polar surface area (TPSA) is 49.4 Å². The molecule has 2 rings (SSSR count). The fourth-order valence-electron chi connectivity index (χ4n) is 2.75. The van der Waals surface area contributed by atoms with E-state index in [1.54, 1.807) is 18.2 Å². The number of benzene rings is 1. The Morgan fingerprint density at radius 1 is 1.32 bits per heavy atom. The molecule has 1 aromatic carbocycles. The van der Waals surface area contributed by atoms with Gasteiger partial charge in [-0.2, -0.15) is 0 Å². The van der Waals surface area contributed by atoms with Crippen LogP contribution in [-0.4, -0.2) is 39.5 Å². The van der Waals surface area contributed by atoms with Crippen molar-refractivity contribution in [1.29, 1.82) is 0 Å². The Balaban J connectivity index is 1.82. The number of hydrogen-bond acceptors (Lipinski definition) is 3. The summed E-state index contributed by atoms with van der Waals surface area (Å²) < 4.78 is 26.9. The molecule has 1 aliphatic heterocycles. The monoisotopic (exact) mass is 364 g/mol. The molecule has 0 bridgehead atoms. The van der Waals surface area contributed by atoms with Gasteiger partial charge in [0, 0.05) is 19.6 Å². The number of nitrogens with zero attached hydrogens (tertiary/aromatic N) is 1. The third-order valence-electron chi connectivity index (χ3n) is 3.83. The minimum Gasteiger partial charge on any atom is -0.302 e. The summed E-state index contributed by atoms with van der Waals surface area (Å²) in [4.78, 5) is 2.32. The molecule has 1 aliphatic rings. The van der Waals surface area contributed by atoms with E-state index in [0.29, 0.717) is 28.1 Å². The zero-order valence-electron chi connectivity index (χ0n) is 12.7. The van der Waals surface area contributed by atoms with Crippen LogP contribution in [0, 0.1) is 5.92 Å². The zero-order valence-corrected chi connectivity index (χ0v) is 15.0. The van der Waals surface area contributed by atoms with E-state index in [-0.39, 0.29) is 5.75 Å². The lowest BCUT2D eigenvalue weighted by Crippen LogP contribution is -2.40. The Morgan fingerprint density at radius 3 is 2.77 bits per heavy atom. The van der Waals surface area contributed by atoms with Crippen LogP contribution in [0.3, 0.4) is 0 Å². The maximum atomic E-state index is 12.1. The maximum Gasteiger partial charge on any atom is 0.215 e. The van der Waals surface area contributed by atoms with Crippen molar-refractivity contribution in [1.82, 2.24) is 9.62 Å². The number of likely N-dealkylation sites (tertiary alicyclic amines) is 1. The summed E-state index contributed by atoms with van der Waals surface area (Å²) in [6.45, 7) is 5.54. The van der Waals surface area contributed by atoms with Crippen molar-refractivity contribution < 1.29 is 8.42 Å². The molecule has 0 amide bonds. The first kappa shape index (κ1) is 18.0. The summed E-state index contributed by atoms with van der Waals surface area (Å²) in [5, 5.41) is 0.798. The molecule has 0 aliphatic carbocycles. The number of piperidine rings is 1.